The summed E-state index contributed by atoms with van der Waals surface area (Å²) >= 11 is 3.26. The van der Waals surface area contributed by atoms with E-state index in [-0.39, 0.29) is 5.82 Å². The topological polar surface area (TPSA) is 38.9 Å². The summed E-state index contributed by atoms with van der Waals surface area (Å²) in [4.78, 5) is 5.65. The number of aromatic nitrogens is 1. The molecule has 0 fully saturated rings. The lowest BCUT2D eigenvalue weighted by Crippen LogP contribution is -1.89. The van der Waals surface area contributed by atoms with Crippen molar-refractivity contribution < 1.29 is 4.39 Å². The van der Waals surface area contributed by atoms with Crippen LogP contribution in [-0.2, 0) is 5.75 Å². The summed E-state index contributed by atoms with van der Waals surface area (Å²) in [5.41, 5.74) is 8.58. The molecule has 5 heteroatoms. The first-order valence-corrected chi connectivity index (χ1v) is 8.26. The van der Waals surface area contributed by atoms with E-state index in [1.807, 2.05) is 29.6 Å². The van der Waals surface area contributed by atoms with Gasteiger partial charge in [-0.2, -0.15) is 0 Å². The minimum absolute atomic E-state index is 0.213. The molecule has 0 bridgehead atoms. The van der Waals surface area contributed by atoms with E-state index in [1.165, 1.54) is 12.1 Å². The third-order valence-corrected chi connectivity index (χ3v) is 5.02. The third kappa shape index (κ3) is 3.43. The van der Waals surface area contributed by atoms with Crippen LogP contribution < -0.4 is 5.73 Å². The molecule has 0 amide bonds. The molecule has 0 aliphatic heterocycles. The Morgan fingerprint density at radius 3 is 2.62 bits per heavy atom. The van der Waals surface area contributed by atoms with Crippen LogP contribution in [0.3, 0.4) is 0 Å². The normalized spacial score (nSPS) is 10.7. The molecule has 0 aliphatic carbocycles. The molecule has 1 aromatic heterocycles. The van der Waals surface area contributed by atoms with Crippen LogP contribution >= 0.6 is 23.1 Å². The summed E-state index contributed by atoms with van der Waals surface area (Å²) < 4.78 is 12.8. The number of thioether (sulfide) groups is 1. The lowest BCUT2D eigenvalue weighted by molar-refractivity contribution is 0.626. The SMILES string of the molecule is Nc1ccccc1-c1csc(CSc2ccc(F)cc2)n1. The van der Waals surface area contributed by atoms with Crippen molar-refractivity contribution in [3.8, 4) is 11.3 Å². The first kappa shape index (κ1) is 14.1. The van der Waals surface area contributed by atoms with Crippen molar-refractivity contribution in [1.82, 2.24) is 4.98 Å². The molecule has 2 nitrogen and oxygen atoms in total. The highest BCUT2D eigenvalue weighted by molar-refractivity contribution is 7.98. The third-order valence-electron chi connectivity index (χ3n) is 2.96. The zero-order valence-electron chi connectivity index (χ0n) is 11.1. The number of benzene rings is 2. The maximum absolute atomic E-state index is 12.8. The van der Waals surface area contributed by atoms with Crippen LogP contribution in [0.5, 0.6) is 0 Å². The van der Waals surface area contributed by atoms with Gasteiger partial charge in [0, 0.05) is 21.5 Å². The lowest BCUT2D eigenvalue weighted by atomic mass is 10.1. The standard InChI is InChI=1S/C16H13FN2S2/c17-11-5-7-12(8-6-11)20-10-16-19-15(9-21-16)13-3-1-2-4-14(13)18/h1-9H,10,18H2. The number of anilines is 1. The summed E-state index contributed by atoms with van der Waals surface area (Å²) in [6, 6.07) is 14.2. The minimum Gasteiger partial charge on any atom is -0.398 e. The molecule has 0 radical (unpaired) electrons. The predicted octanol–water partition coefficient (Wildman–Crippen LogP) is 4.82. The van der Waals surface area contributed by atoms with Gasteiger partial charge in [-0.05, 0) is 30.3 Å². The number of rotatable bonds is 4. The molecule has 0 unspecified atom stereocenters. The highest BCUT2D eigenvalue weighted by Crippen LogP contribution is 2.30. The Hall–Kier alpha value is -1.85. The zero-order valence-corrected chi connectivity index (χ0v) is 12.8. The molecule has 0 saturated heterocycles. The molecule has 106 valence electrons. The number of para-hydroxylation sites is 1. The monoisotopic (exact) mass is 316 g/mol. The lowest BCUT2D eigenvalue weighted by Gasteiger charge is -2.01. The molecule has 3 aromatic rings. The summed E-state index contributed by atoms with van der Waals surface area (Å²) in [5.74, 6) is 0.554. The Balaban J connectivity index is 1.71. The Morgan fingerprint density at radius 1 is 1.10 bits per heavy atom. The molecule has 0 atom stereocenters. The molecule has 0 spiro atoms. The zero-order chi connectivity index (χ0) is 14.7. The molecule has 21 heavy (non-hydrogen) atoms. The van der Waals surface area contributed by atoms with E-state index in [4.69, 9.17) is 5.73 Å². The summed E-state index contributed by atoms with van der Waals surface area (Å²) in [6.07, 6.45) is 0. The van der Waals surface area contributed by atoms with E-state index in [2.05, 4.69) is 4.98 Å². The second-order valence-electron chi connectivity index (χ2n) is 4.46. The Labute approximate surface area is 130 Å². The fourth-order valence-electron chi connectivity index (χ4n) is 1.91. The van der Waals surface area contributed by atoms with Crippen molar-refractivity contribution in [2.24, 2.45) is 0 Å². The highest BCUT2D eigenvalue weighted by atomic mass is 32.2. The van der Waals surface area contributed by atoms with Gasteiger partial charge < -0.3 is 5.73 Å². The fourth-order valence-corrected chi connectivity index (χ4v) is 3.62. The van der Waals surface area contributed by atoms with Crippen LogP contribution in [0.4, 0.5) is 10.1 Å². The Kier molecular flexibility index (Phi) is 4.22. The molecular formula is C16H13FN2S2. The van der Waals surface area contributed by atoms with Gasteiger partial charge in [0.2, 0.25) is 0 Å². The van der Waals surface area contributed by atoms with Crippen molar-refractivity contribution in [2.45, 2.75) is 10.6 Å². The number of hydrogen-bond acceptors (Lipinski definition) is 4. The van der Waals surface area contributed by atoms with Gasteiger partial charge in [0.15, 0.2) is 0 Å². The van der Waals surface area contributed by atoms with Crippen molar-refractivity contribution >= 4 is 28.8 Å². The minimum atomic E-state index is -0.213. The van der Waals surface area contributed by atoms with Gasteiger partial charge in [-0.3, -0.25) is 0 Å². The number of nitrogens with two attached hydrogens (primary N) is 1. The molecule has 2 aromatic carbocycles. The van der Waals surface area contributed by atoms with Gasteiger partial charge in [0.1, 0.15) is 10.8 Å². The van der Waals surface area contributed by atoms with E-state index in [0.717, 1.165) is 32.6 Å². The second kappa shape index (κ2) is 6.28. The van der Waals surface area contributed by atoms with Gasteiger partial charge in [-0.25, -0.2) is 9.37 Å². The van der Waals surface area contributed by atoms with Crippen molar-refractivity contribution in [3.63, 3.8) is 0 Å². The quantitative estimate of drug-likeness (QED) is 0.554. The first-order chi connectivity index (χ1) is 10.2. The van der Waals surface area contributed by atoms with Gasteiger partial charge in [0.05, 0.1) is 11.4 Å². The number of nitrogens with zero attached hydrogens (tertiary/aromatic N) is 1. The molecule has 0 aliphatic rings. The average molecular weight is 316 g/mol. The average Bonchev–Trinajstić information content (AvgIpc) is 2.96. The molecule has 0 saturated carbocycles. The van der Waals surface area contributed by atoms with E-state index in [1.54, 1.807) is 35.2 Å². The summed E-state index contributed by atoms with van der Waals surface area (Å²) in [7, 11) is 0. The highest BCUT2D eigenvalue weighted by Gasteiger charge is 2.07. The Morgan fingerprint density at radius 2 is 1.86 bits per heavy atom. The van der Waals surface area contributed by atoms with Crippen LogP contribution in [0, 0.1) is 5.82 Å². The van der Waals surface area contributed by atoms with Crippen LogP contribution in [0.2, 0.25) is 0 Å². The van der Waals surface area contributed by atoms with Crippen LogP contribution in [0.1, 0.15) is 5.01 Å². The number of nitrogen functional groups attached to an aromatic ring is 1. The van der Waals surface area contributed by atoms with Gasteiger partial charge >= 0.3 is 0 Å². The van der Waals surface area contributed by atoms with E-state index >= 15 is 0 Å². The summed E-state index contributed by atoms with van der Waals surface area (Å²) in [5, 5.41) is 3.05. The maximum Gasteiger partial charge on any atom is 0.123 e. The van der Waals surface area contributed by atoms with Crippen LogP contribution in [0.15, 0.2) is 58.8 Å². The Bertz CT molecular complexity index is 738. The molecular weight excluding hydrogens is 303 g/mol. The van der Waals surface area contributed by atoms with Gasteiger partial charge in [0.25, 0.3) is 0 Å². The van der Waals surface area contributed by atoms with Crippen LogP contribution in [0.25, 0.3) is 11.3 Å². The molecule has 2 N–H and O–H groups in total. The number of thiazole rings is 1. The van der Waals surface area contributed by atoms with Crippen molar-refractivity contribution in [2.75, 3.05) is 5.73 Å². The van der Waals surface area contributed by atoms with Crippen LogP contribution in [-0.4, -0.2) is 4.98 Å². The van der Waals surface area contributed by atoms with Gasteiger partial charge in [-0.1, -0.05) is 18.2 Å². The van der Waals surface area contributed by atoms with E-state index < -0.39 is 0 Å². The molecule has 3 rings (SSSR count). The summed E-state index contributed by atoms with van der Waals surface area (Å²) in [6.45, 7) is 0. The van der Waals surface area contributed by atoms with Crippen molar-refractivity contribution in [3.05, 3.63) is 64.7 Å². The number of halogens is 1. The first-order valence-electron chi connectivity index (χ1n) is 6.40. The largest absolute Gasteiger partial charge is 0.398 e. The maximum atomic E-state index is 12.8. The second-order valence-corrected chi connectivity index (χ2v) is 6.45. The van der Waals surface area contributed by atoms with E-state index in [0.29, 0.717) is 0 Å². The van der Waals surface area contributed by atoms with Crippen molar-refractivity contribution in [1.29, 1.82) is 0 Å². The molecule has 1 heterocycles. The van der Waals surface area contributed by atoms with Gasteiger partial charge in [-0.15, -0.1) is 23.1 Å². The fraction of sp³-hybridized carbons (Fsp3) is 0.0625. The predicted molar refractivity (Wildman–Crippen MR) is 87.9 cm³/mol. The smallest absolute Gasteiger partial charge is 0.123 e. The van der Waals surface area contributed by atoms with E-state index in [9.17, 15) is 4.39 Å². The number of hydrogen-bond donors (Lipinski definition) is 1.